The molecule has 0 spiro atoms. The molecule has 3 aromatic rings. The second-order valence-electron chi connectivity index (χ2n) is 5.97. The molecule has 10 heteroatoms. The number of hydrogen-bond donors (Lipinski definition) is 2. The number of hydrogen-bond acceptors (Lipinski definition) is 4. The van der Waals surface area contributed by atoms with Crippen LogP contribution < -0.4 is 10.6 Å². The van der Waals surface area contributed by atoms with Crippen LogP contribution in [0.5, 0.6) is 0 Å². The molecule has 2 aromatic heterocycles. The Balaban J connectivity index is 1.69. The Hall–Kier alpha value is -2.88. The molecule has 0 saturated carbocycles. The molecule has 0 saturated heterocycles. The summed E-state index contributed by atoms with van der Waals surface area (Å²) in [7, 11) is 0. The molecule has 29 heavy (non-hydrogen) atoms. The molecule has 154 valence electrons. The Morgan fingerprint density at radius 1 is 1.24 bits per heavy atom. The van der Waals surface area contributed by atoms with Gasteiger partial charge >= 0.3 is 6.18 Å². The van der Waals surface area contributed by atoms with Crippen LogP contribution >= 0.6 is 11.3 Å². The predicted molar refractivity (Wildman–Crippen MR) is 103 cm³/mol. The van der Waals surface area contributed by atoms with Crippen LogP contribution in [0.4, 0.5) is 17.6 Å². The standard InChI is InChI=1S/C19H18F4N4OS/c1-2-24-18(25-9-12-5-6-13(20)8-15(12)19(21,22)23)26-10-14-11-28-17(27-14)16-4-3-7-29-16/h3-8,11H,2,9-10H2,1H3,(H2,24,25,26). The molecule has 0 unspecified atom stereocenters. The van der Waals surface area contributed by atoms with Gasteiger partial charge in [-0.2, -0.15) is 13.2 Å². The third-order valence-corrected chi connectivity index (χ3v) is 4.71. The van der Waals surface area contributed by atoms with Crippen molar-refractivity contribution < 1.29 is 22.0 Å². The van der Waals surface area contributed by atoms with Gasteiger partial charge in [0.1, 0.15) is 12.1 Å². The van der Waals surface area contributed by atoms with Crippen LogP contribution in [-0.4, -0.2) is 17.5 Å². The van der Waals surface area contributed by atoms with Gasteiger partial charge in [0.25, 0.3) is 0 Å². The molecule has 0 amide bonds. The summed E-state index contributed by atoms with van der Waals surface area (Å²) in [5.74, 6) is -0.131. The topological polar surface area (TPSA) is 62.5 Å². The normalized spacial score (nSPS) is 12.2. The summed E-state index contributed by atoms with van der Waals surface area (Å²) in [6, 6.07) is 6.34. The zero-order valence-electron chi connectivity index (χ0n) is 15.4. The van der Waals surface area contributed by atoms with Crippen molar-refractivity contribution in [1.29, 1.82) is 0 Å². The van der Waals surface area contributed by atoms with Gasteiger partial charge in [-0.25, -0.2) is 14.4 Å². The summed E-state index contributed by atoms with van der Waals surface area (Å²) in [5.41, 5.74) is -0.525. The molecule has 2 N–H and O–H groups in total. The Kier molecular flexibility index (Phi) is 6.53. The number of aliphatic imine (C=N–C) groups is 1. The van der Waals surface area contributed by atoms with E-state index in [0.29, 0.717) is 30.2 Å². The third kappa shape index (κ3) is 5.57. The van der Waals surface area contributed by atoms with E-state index >= 15 is 0 Å². The van der Waals surface area contributed by atoms with Crippen molar-refractivity contribution in [1.82, 2.24) is 15.6 Å². The SMILES string of the molecule is CCNC(=NCc1ccc(F)cc1C(F)(F)F)NCc1coc(-c2cccs2)n1. The van der Waals surface area contributed by atoms with E-state index in [0.717, 1.165) is 17.0 Å². The average molecular weight is 426 g/mol. The van der Waals surface area contributed by atoms with E-state index in [4.69, 9.17) is 4.42 Å². The first-order valence-corrected chi connectivity index (χ1v) is 9.61. The number of rotatable bonds is 6. The second-order valence-corrected chi connectivity index (χ2v) is 6.92. The van der Waals surface area contributed by atoms with Crippen LogP contribution in [0.15, 0.2) is 51.4 Å². The summed E-state index contributed by atoms with van der Waals surface area (Å²) in [4.78, 5) is 9.44. The Morgan fingerprint density at radius 3 is 2.76 bits per heavy atom. The zero-order valence-corrected chi connectivity index (χ0v) is 16.2. The average Bonchev–Trinajstić information content (AvgIpc) is 3.35. The highest BCUT2D eigenvalue weighted by atomic mass is 32.1. The van der Waals surface area contributed by atoms with E-state index in [1.807, 2.05) is 24.4 Å². The first-order valence-electron chi connectivity index (χ1n) is 8.73. The molecule has 0 radical (unpaired) electrons. The minimum absolute atomic E-state index is 0.113. The molecule has 2 heterocycles. The first kappa shape index (κ1) is 20.8. The van der Waals surface area contributed by atoms with Crippen molar-refractivity contribution in [2.24, 2.45) is 4.99 Å². The van der Waals surface area contributed by atoms with Gasteiger partial charge in [0.05, 0.1) is 29.2 Å². The van der Waals surface area contributed by atoms with Crippen LogP contribution in [0.3, 0.4) is 0 Å². The monoisotopic (exact) mass is 426 g/mol. The van der Waals surface area contributed by atoms with Crippen LogP contribution in [0.1, 0.15) is 23.7 Å². The third-order valence-electron chi connectivity index (χ3n) is 3.85. The number of halogens is 4. The maximum atomic E-state index is 13.2. The molecule has 0 aliphatic heterocycles. The van der Waals surface area contributed by atoms with Crippen molar-refractivity contribution in [3.8, 4) is 10.8 Å². The summed E-state index contributed by atoms with van der Waals surface area (Å²) >= 11 is 1.50. The molecular weight excluding hydrogens is 408 g/mol. The summed E-state index contributed by atoms with van der Waals surface area (Å²) in [5, 5.41) is 7.87. The van der Waals surface area contributed by atoms with Crippen molar-refractivity contribution in [2.45, 2.75) is 26.2 Å². The zero-order chi connectivity index (χ0) is 20.9. The number of nitrogens with one attached hydrogen (secondary N) is 2. The lowest BCUT2D eigenvalue weighted by molar-refractivity contribution is -0.138. The number of aromatic nitrogens is 1. The molecule has 0 aliphatic carbocycles. The largest absolute Gasteiger partial charge is 0.443 e. The second kappa shape index (κ2) is 9.08. The van der Waals surface area contributed by atoms with Gasteiger partial charge in [-0.3, -0.25) is 0 Å². The van der Waals surface area contributed by atoms with Crippen molar-refractivity contribution in [3.63, 3.8) is 0 Å². The number of nitrogens with zero attached hydrogens (tertiary/aromatic N) is 2. The van der Waals surface area contributed by atoms with E-state index in [1.54, 1.807) is 0 Å². The quantitative estimate of drug-likeness (QED) is 0.337. The van der Waals surface area contributed by atoms with Gasteiger partial charge in [0.15, 0.2) is 5.96 Å². The van der Waals surface area contributed by atoms with Crippen molar-refractivity contribution in [3.05, 3.63) is 64.6 Å². The molecule has 1 aromatic carbocycles. The van der Waals surface area contributed by atoms with E-state index in [-0.39, 0.29) is 18.7 Å². The molecule has 0 atom stereocenters. The first-order chi connectivity index (χ1) is 13.9. The molecule has 3 rings (SSSR count). The summed E-state index contributed by atoms with van der Waals surface area (Å²) in [6.45, 7) is 2.36. The van der Waals surface area contributed by atoms with Gasteiger partial charge < -0.3 is 15.1 Å². The lowest BCUT2D eigenvalue weighted by atomic mass is 10.1. The smallest absolute Gasteiger partial charge is 0.416 e. The maximum Gasteiger partial charge on any atom is 0.416 e. The van der Waals surface area contributed by atoms with E-state index < -0.39 is 17.6 Å². The Bertz CT molecular complexity index is 967. The lowest BCUT2D eigenvalue weighted by Crippen LogP contribution is -2.36. The highest BCUT2D eigenvalue weighted by Crippen LogP contribution is 2.32. The minimum atomic E-state index is -4.66. The number of guanidine groups is 1. The number of thiophene rings is 1. The molecule has 0 fully saturated rings. The molecule has 0 aliphatic rings. The molecule has 5 nitrogen and oxygen atoms in total. The van der Waals surface area contributed by atoms with Crippen molar-refractivity contribution in [2.75, 3.05) is 6.54 Å². The van der Waals surface area contributed by atoms with Gasteiger partial charge in [0.2, 0.25) is 5.89 Å². The van der Waals surface area contributed by atoms with E-state index in [9.17, 15) is 17.6 Å². The van der Waals surface area contributed by atoms with E-state index in [1.165, 1.54) is 17.6 Å². The minimum Gasteiger partial charge on any atom is -0.443 e. The Morgan fingerprint density at radius 2 is 2.07 bits per heavy atom. The summed E-state index contributed by atoms with van der Waals surface area (Å²) < 4.78 is 58.0. The summed E-state index contributed by atoms with van der Waals surface area (Å²) in [6.07, 6.45) is -3.15. The fourth-order valence-electron chi connectivity index (χ4n) is 2.53. The highest BCUT2D eigenvalue weighted by molar-refractivity contribution is 7.13. The number of benzene rings is 1. The number of alkyl halides is 3. The lowest BCUT2D eigenvalue weighted by Gasteiger charge is -2.13. The fraction of sp³-hybridized carbons (Fsp3) is 0.263. The van der Waals surface area contributed by atoms with Gasteiger partial charge in [-0.05, 0) is 36.1 Å². The fourth-order valence-corrected chi connectivity index (χ4v) is 3.19. The van der Waals surface area contributed by atoms with Crippen LogP contribution in [0.25, 0.3) is 10.8 Å². The van der Waals surface area contributed by atoms with Crippen LogP contribution in [-0.2, 0) is 19.3 Å². The van der Waals surface area contributed by atoms with E-state index in [2.05, 4.69) is 20.6 Å². The highest BCUT2D eigenvalue weighted by Gasteiger charge is 2.33. The molecular formula is C19H18F4N4OS. The van der Waals surface area contributed by atoms with Crippen LogP contribution in [0, 0.1) is 5.82 Å². The predicted octanol–water partition coefficient (Wildman–Crippen LogP) is 4.82. The van der Waals surface area contributed by atoms with Gasteiger partial charge in [-0.15, -0.1) is 11.3 Å². The molecule has 0 bridgehead atoms. The Labute approximate surface area is 168 Å². The van der Waals surface area contributed by atoms with Crippen molar-refractivity contribution >= 4 is 17.3 Å². The van der Waals surface area contributed by atoms with Crippen LogP contribution in [0.2, 0.25) is 0 Å². The number of oxazole rings is 1. The van der Waals surface area contributed by atoms with Gasteiger partial charge in [0, 0.05) is 6.54 Å². The van der Waals surface area contributed by atoms with Gasteiger partial charge in [-0.1, -0.05) is 12.1 Å². The maximum absolute atomic E-state index is 13.2.